The molecule has 0 N–H and O–H groups in total. The average molecular weight is 166 g/mol. The van der Waals surface area contributed by atoms with Crippen molar-refractivity contribution in [2.45, 2.75) is 20.8 Å². The van der Waals surface area contributed by atoms with Crippen LogP contribution in [0.3, 0.4) is 0 Å². The second kappa shape index (κ2) is 3.52. The normalized spacial score (nSPS) is 11.2. The highest BCUT2D eigenvalue weighted by Crippen LogP contribution is 2.14. The van der Waals surface area contributed by atoms with Gasteiger partial charge in [-0.05, 0) is 11.5 Å². The van der Waals surface area contributed by atoms with Crippen LogP contribution in [0.5, 0.6) is 5.88 Å². The first-order valence-corrected chi connectivity index (χ1v) is 3.98. The van der Waals surface area contributed by atoms with Gasteiger partial charge in [0.25, 0.3) is 0 Å². The zero-order valence-corrected chi connectivity index (χ0v) is 7.74. The molecular formula is C9H14N2O. The molecule has 66 valence electrons. The molecule has 0 saturated carbocycles. The summed E-state index contributed by atoms with van der Waals surface area (Å²) in [4.78, 5) is 0. The lowest BCUT2D eigenvalue weighted by Crippen LogP contribution is -2.17. The SMILES string of the molecule is CC(C)(C)COc1cccnn1. The van der Waals surface area contributed by atoms with E-state index < -0.39 is 0 Å². The summed E-state index contributed by atoms with van der Waals surface area (Å²) in [7, 11) is 0. The summed E-state index contributed by atoms with van der Waals surface area (Å²) in [6, 6.07) is 3.61. The van der Waals surface area contributed by atoms with Crippen molar-refractivity contribution in [2.75, 3.05) is 6.61 Å². The molecule has 0 aliphatic carbocycles. The number of hydrogen-bond donors (Lipinski definition) is 0. The van der Waals surface area contributed by atoms with Crippen LogP contribution in [0, 0.1) is 5.41 Å². The first-order valence-electron chi connectivity index (χ1n) is 3.98. The van der Waals surface area contributed by atoms with Gasteiger partial charge in [0.2, 0.25) is 5.88 Å². The highest BCUT2D eigenvalue weighted by Gasteiger charge is 2.10. The van der Waals surface area contributed by atoms with Crippen LogP contribution in [0.15, 0.2) is 18.3 Å². The molecule has 3 heteroatoms. The van der Waals surface area contributed by atoms with E-state index in [0.717, 1.165) is 0 Å². The van der Waals surface area contributed by atoms with Crippen LogP contribution < -0.4 is 4.74 Å². The maximum absolute atomic E-state index is 5.40. The molecule has 0 atom stereocenters. The van der Waals surface area contributed by atoms with Crippen LogP contribution in [0.4, 0.5) is 0 Å². The molecule has 1 heterocycles. The monoisotopic (exact) mass is 166 g/mol. The summed E-state index contributed by atoms with van der Waals surface area (Å²) in [6.45, 7) is 7.00. The smallest absolute Gasteiger partial charge is 0.233 e. The Hall–Kier alpha value is -1.12. The van der Waals surface area contributed by atoms with Gasteiger partial charge in [0.05, 0.1) is 6.61 Å². The molecule has 0 saturated heterocycles. The van der Waals surface area contributed by atoms with Crippen LogP contribution in [0.25, 0.3) is 0 Å². The number of aromatic nitrogens is 2. The van der Waals surface area contributed by atoms with E-state index in [1.165, 1.54) is 0 Å². The van der Waals surface area contributed by atoms with Crippen LogP contribution in [-0.4, -0.2) is 16.8 Å². The van der Waals surface area contributed by atoms with Gasteiger partial charge in [-0.1, -0.05) is 20.8 Å². The third kappa shape index (κ3) is 3.32. The second-order valence-corrected chi connectivity index (χ2v) is 3.91. The van der Waals surface area contributed by atoms with Crippen molar-refractivity contribution < 1.29 is 4.74 Å². The quantitative estimate of drug-likeness (QED) is 0.673. The Balaban J connectivity index is 2.44. The molecule has 0 bridgehead atoms. The maximum atomic E-state index is 5.40. The van der Waals surface area contributed by atoms with Gasteiger partial charge in [0, 0.05) is 12.3 Å². The van der Waals surface area contributed by atoms with Gasteiger partial charge in [-0.2, -0.15) is 5.10 Å². The van der Waals surface area contributed by atoms with Crippen LogP contribution >= 0.6 is 0 Å². The first-order chi connectivity index (χ1) is 5.58. The van der Waals surface area contributed by atoms with Crippen molar-refractivity contribution in [2.24, 2.45) is 5.41 Å². The number of nitrogens with zero attached hydrogens (tertiary/aromatic N) is 2. The molecule has 3 nitrogen and oxygen atoms in total. The van der Waals surface area contributed by atoms with Gasteiger partial charge in [-0.3, -0.25) is 0 Å². The molecule has 12 heavy (non-hydrogen) atoms. The van der Waals surface area contributed by atoms with Gasteiger partial charge in [0.1, 0.15) is 0 Å². The van der Waals surface area contributed by atoms with Crippen LogP contribution in [0.1, 0.15) is 20.8 Å². The lowest BCUT2D eigenvalue weighted by atomic mass is 9.99. The lowest BCUT2D eigenvalue weighted by molar-refractivity contribution is 0.190. The van der Waals surface area contributed by atoms with E-state index in [0.29, 0.717) is 12.5 Å². The molecule has 0 radical (unpaired) electrons. The van der Waals surface area contributed by atoms with Crippen molar-refractivity contribution in [3.8, 4) is 5.88 Å². The highest BCUT2D eigenvalue weighted by atomic mass is 16.5. The number of ether oxygens (including phenoxy) is 1. The van der Waals surface area contributed by atoms with E-state index in [-0.39, 0.29) is 5.41 Å². The minimum atomic E-state index is 0.164. The molecule has 0 aromatic carbocycles. The molecule has 1 aromatic heterocycles. The molecule has 0 fully saturated rings. The van der Waals surface area contributed by atoms with Crippen molar-refractivity contribution >= 4 is 0 Å². The third-order valence-corrected chi connectivity index (χ3v) is 1.20. The average Bonchev–Trinajstić information content (AvgIpc) is 2.02. The molecular weight excluding hydrogens is 152 g/mol. The van der Waals surface area contributed by atoms with Gasteiger partial charge >= 0.3 is 0 Å². The number of hydrogen-bond acceptors (Lipinski definition) is 3. The summed E-state index contributed by atoms with van der Waals surface area (Å²) < 4.78 is 5.40. The zero-order valence-electron chi connectivity index (χ0n) is 7.74. The fourth-order valence-corrected chi connectivity index (χ4v) is 0.655. The number of rotatable bonds is 2. The Labute approximate surface area is 72.8 Å². The largest absolute Gasteiger partial charge is 0.476 e. The molecule has 1 aromatic rings. The Bertz CT molecular complexity index is 228. The minimum absolute atomic E-state index is 0.164. The van der Waals surface area contributed by atoms with E-state index in [9.17, 15) is 0 Å². The van der Waals surface area contributed by atoms with Gasteiger partial charge in [-0.25, -0.2) is 0 Å². The fourth-order valence-electron chi connectivity index (χ4n) is 0.655. The topological polar surface area (TPSA) is 35.0 Å². The lowest BCUT2D eigenvalue weighted by Gasteiger charge is -2.17. The van der Waals surface area contributed by atoms with Crippen molar-refractivity contribution in [3.05, 3.63) is 18.3 Å². The minimum Gasteiger partial charge on any atom is -0.476 e. The van der Waals surface area contributed by atoms with E-state index in [2.05, 4.69) is 31.0 Å². The van der Waals surface area contributed by atoms with Crippen molar-refractivity contribution in [3.63, 3.8) is 0 Å². The van der Waals surface area contributed by atoms with E-state index in [1.54, 1.807) is 12.3 Å². The Morgan fingerprint density at radius 3 is 2.67 bits per heavy atom. The predicted molar refractivity (Wildman–Crippen MR) is 47.0 cm³/mol. The summed E-state index contributed by atoms with van der Waals surface area (Å²) in [5.41, 5.74) is 0.164. The molecule has 0 spiro atoms. The van der Waals surface area contributed by atoms with Gasteiger partial charge < -0.3 is 4.74 Å². The molecule has 0 unspecified atom stereocenters. The second-order valence-electron chi connectivity index (χ2n) is 3.91. The summed E-state index contributed by atoms with van der Waals surface area (Å²) in [5.74, 6) is 0.590. The molecule has 0 aliphatic rings. The summed E-state index contributed by atoms with van der Waals surface area (Å²) >= 11 is 0. The van der Waals surface area contributed by atoms with E-state index >= 15 is 0 Å². The van der Waals surface area contributed by atoms with Crippen LogP contribution in [0.2, 0.25) is 0 Å². The Morgan fingerprint density at radius 1 is 1.42 bits per heavy atom. The molecule has 0 aliphatic heterocycles. The standard InChI is InChI=1S/C9H14N2O/c1-9(2,3)7-12-8-5-4-6-10-11-8/h4-6H,7H2,1-3H3. The molecule has 0 amide bonds. The van der Waals surface area contributed by atoms with Crippen molar-refractivity contribution in [1.82, 2.24) is 10.2 Å². The zero-order chi connectivity index (χ0) is 9.03. The van der Waals surface area contributed by atoms with E-state index in [1.807, 2.05) is 6.07 Å². The summed E-state index contributed by atoms with van der Waals surface area (Å²) in [5, 5.41) is 7.52. The van der Waals surface area contributed by atoms with Crippen LogP contribution in [-0.2, 0) is 0 Å². The molecule has 1 rings (SSSR count). The van der Waals surface area contributed by atoms with Crippen molar-refractivity contribution in [1.29, 1.82) is 0 Å². The maximum Gasteiger partial charge on any atom is 0.233 e. The summed E-state index contributed by atoms with van der Waals surface area (Å²) in [6.07, 6.45) is 1.63. The Kier molecular flexibility index (Phi) is 2.63. The van der Waals surface area contributed by atoms with Gasteiger partial charge in [-0.15, -0.1) is 5.10 Å². The van der Waals surface area contributed by atoms with Gasteiger partial charge in [0.15, 0.2) is 0 Å². The Morgan fingerprint density at radius 2 is 2.17 bits per heavy atom. The highest BCUT2D eigenvalue weighted by molar-refractivity contribution is 5.05. The fraction of sp³-hybridized carbons (Fsp3) is 0.556. The predicted octanol–water partition coefficient (Wildman–Crippen LogP) is 1.90. The first kappa shape index (κ1) is 8.97. The third-order valence-electron chi connectivity index (χ3n) is 1.20. The van der Waals surface area contributed by atoms with E-state index in [4.69, 9.17) is 4.74 Å².